The largest absolute Gasteiger partial charge is 0.355 e. The summed E-state index contributed by atoms with van der Waals surface area (Å²) in [7, 11) is 0. The summed E-state index contributed by atoms with van der Waals surface area (Å²) in [4.78, 5) is 12.3. The van der Waals surface area contributed by atoms with Crippen molar-refractivity contribution in [2.75, 3.05) is 12.3 Å². The highest BCUT2D eigenvalue weighted by Crippen LogP contribution is 2.40. The van der Waals surface area contributed by atoms with E-state index in [4.69, 9.17) is 23.2 Å². The molecule has 0 aliphatic heterocycles. The minimum atomic E-state index is -0.0349. The maximum atomic E-state index is 12.3. The van der Waals surface area contributed by atoms with Crippen LogP contribution in [0.2, 0.25) is 10.0 Å². The van der Waals surface area contributed by atoms with E-state index in [0.29, 0.717) is 34.7 Å². The number of rotatable bonds is 9. The Balaban J connectivity index is 1.32. The van der Waals surface area contributed by atoms with Crippen LogP contribution in [-0.4, -0.2) is 33.0 Å². The topological polar surface area (TPSA) is 59.8 Å². The quantitative estimate of drug-likeness (QED) is 0.458. The van der Waals surface area contributed by atoms with Gasteiger partial charge in [0.2, 0.25) is 5.91 Å². The summed E-state index contributed by atoms with van der Waals surface area (Å²) in [5.41, 5.74) is 2.16. The van der Waals surface area contributed by atoms with E-state index in [1.165, 1.54) is 17.3 Å². The fourth-order valence-electron chi connectivity index (χ4n) is 3.21. The number of nitrogens with zero attached hydrogens (tertiary/aromatic N) is 3. The summed E-state index contributed by atoms with van der Waals surface area (Å²) < 4.78 is 2.15. The fraction of sp³-hybridized carbons (Fsp3) is 0.318. The summed E-state index contributed by atoms with van der Waals surface area (Å²) in [6.07, 6.45) is 2.97. The van der Waals surface area contributed by atoms with Gasteiger partial charge in [0.25, 0.3) is 0 Å². The molecule has 3 aromatic rings. The van der Waals surface area contributed by atoms with Crippen LogP contribution in [0.5, 0.6) is 0 Å². The average Bonchev–Trinajstić information content (AvgIpc) is 3.51. The Bertz CT molecular complexity index is 1020. The van der Waals surface area contributed by atoms with Crippen LogP contribution in [-0.2, 0) is 17.8 Å². The van der Waals surface area contributed by atoms with Crippen molar-refractivity contribution in [3.05, 3.63) is 75.5 Å². The molecule has 1 N–H and O–H groups in total. The first-order valence-electron chi connectivity index (χ1n) is 9.90. The Morgan fingerprint density at radius 3 is 2.67 bits per heavy atom. The van der Waals surface area contributed by atoms with Gasteiger partial charge in [-0.05, 0) is 42.5 Å². The lowest BCUT2D eigenvalue weighted by Crippen LogP contribution is -2.27. The van der Waals surface area contributed by atoms with Crippen LogP contribution in [0.4, 0.5) is 0 Å². The van der Waals surface area contributed by atoms with Gasteiger partial charge in [0, 0.05) is 22.5 Å². The number of carbonyl (C=O) groups excluding carboxylic acids is 1. The molecule has 1 aromatic heterocycles. The lowest BCUT2D eigenvalue weighted by molar-refractivity contribution is -0.118. The number of benzene rings is 2. The molecule has 0 atom stereocenters. The van der Waals surface area contributed by atoms with Crippen molar-refractivity contribution in [2.24, 2.45) is 0 Å². The first kappa shape index (κ1) is 21.2. The fourth-order valence-corrected chi connectivity index (χ4v) is 4.48. The lowest BCUT2D eigenvalue weighted by Gasteiger charge is -2.10. The number of nitrogens with one attached hydrogen (secondary N) is 1. The zero-order chi connectivity index (χ0) is 20.9. The SMILES string of the molecule is O=C(CSc1nnc(C2CC2)n1Cc1ccccc1)NCCc1ccc(Cl)cc1Cl. The molecule has 0 radical (unpaired) electrons. The van der Waals surface area contributed by atoms with E-state index in [1.54, 1.807) is 12.1 Å². The maximum absolute atomic E-state index is 12.3. The van der Waals surface area contributed by atoms with Gasteiger partial charge in [-0.15, -0.1) is 10.2 Å². The van der Waals surface area contributed by atoms with Crippen LogP contribution in [0, 0.1) is 0 Å². The molecule has 4 rings (SSSR count). The second-order valence-corrected chi connectivity index (χ2v) is 9.10. The number of aromatic nitrogens is 3. The maximum Gasteiger partial charge on any atom is 0.230 e. The van der Waals surface area contributed by atoms with E-state index >= 15 is 0 Å². The lowest BCUT2D eigenvalue weighted by atomic mass is 10.1. The van der Waals surface area contributed by atoms with Crippen molar-refractivity contribution in [1.82, 2.24) is 20.1 Å². The predicted octanol–water partition coefficient (Wildman–Crippen LogP) is 4.96. The number of hydrogen-bond donors (Lipinski definition) is 1. The van der Waals surface area contributed by atoms with Gasteiger partial charge in [-0.3, -0.25) is 4.79 Å². The van der Waals surface area contributed by atoms with E-state index in [1.807, 2.05) is 24.3 Å². The Morgan fingerprint density at radius 1 is 1.13 bits per heavy atom. The van der Waals surface area contributed by atoms with Crippen molar-refractivity contribution >= 4 is 40.9 Å². The average molecular weight is 461 g/mol. The summed E-state index contributed by atoms with van der Waals surface area (Å²) in [5.74, 6) is 1.78. The minimum absolute atomic E-state index is 0.0349. The zero-order valence-corrected chi connectivity index (χ0v) is 18.7. The number of thioether (sulfide) groups is 1. The van der Waals surface area contributed by atoms with Gasteiger partial charge in [0.05, 0.1) is 12.3 Å². The van der Waals surface area contributed by atoms with Gasteiger partial charge < -0.3 is 9.88 Å². The van der Waals surface area contributed by atoms with Crippen LogP contribution in [0.15, 0.2) is 53.7 Å². The van der Waals surface area contributed by atoms with Crippen molar-refractivity contribution in [1.29, 1.82) is 0 Å². The molecule has 1 saturated carbocycles. The van der Waals surface area contributed by atoms with Gasteiger partial charge in [0.1, 0.15) is 5.82 Å². The Hall–Kier alpha value is -2.02. The summed E-state index contributed by atoms with van der Waals surface area (Å²) in [6.45, 7) is 1.24. The van der Waals surface area contributed by atoms with Crippen LogP contribution in [0.3, 0.4) is 0 Å². The molecule has 1 heterocycles. The van der Waals surface area contributed by atoms with E-state index in [2.05, 4.69) is 32.2 Å². The van der Waals surface area contributed by atoms with Gasteiger partial charge >= 0.3 is 0 Å². The molecule has 5 nitrogen and oxygen atoms in total. The van der Waals surface area contributed by atoms with Crippen LogP contribution in [0.25, 0.3) is 0 Å². The first-order valence-corrected chi connectivity index (χ1v) is 11.6. The molecule has 8 heteroatoms. The highest BCUT2D eigenvalue weighted by molar-refractivity contribution is 7.99. The molecule has 0 saturated heterocycles. The second-order valence-electron chi connectivity index (χ2n) is 7.31. The highest BCUT2D eigenvalue weighted by Gasteiger charge is 2.30. The molecule has 156 valence electrons. The molecule has 30 heavy (non-hydrogen) atoms. The first-order chi connectivity index (χ1) is 14.6. The van der Waals surface area contributed by atoms with E-state index in [0.717, 1.165) is 35.9 Å². The highest BCUT2D eigenvalue weighted by atomic mass is 35.5. The van der Waals surface area contributed by atoms with Crippen LogP contribution >= 0.6 is 35.0 Å². The number of carbonyl (C=O) groups is 1. The normalized spacial score (nSPS) is 13.4. The van der Waals surface area contributed by atoms with Crippen molar-refractivity contribution in [2.45, 2.75) is 36.9 Å². The molecule has 1 amide bonds. The third-order valence-corrected chi connectivity index (χ3v) is 6.49. The molecule has 2 aromatic carbocycles. The molecule has 1 aliphatic carbocycles. The third kappa shape index (κ3) is 5.56. The molecule has 0 bridgehead atoms. The van der Waals surface area contributed by atoms with Crippen LogP contribution < -0.4 is 5.32 Å². The Kier molecular flexibility index (Phi) is 6.97. The minimum Gasteiger partial charge on any atom is -0.355 e. The van der Waals surface area contributed by atoms with Gasteiger partial charge in [-0.2, -0.15) is 0 Å². The summed E-state index contributed by atoms with van der Waals surface area (Å²) in [5, 5.41) is 13.7. The van der Waals surface area contributed by atoms with Gasteiger partial charge in [0.15, 0.2) is 5.16 Å². The molecule has 1 aliphatic rings. The van der Waals surface area contributed by atoms with E-state index in [9.17, 15) is 4.79 Å². The van der Waals surface area contributed by atoms with Gasteiger partial charge in [-0.1, -0.05) is 71.4 Å². The molecular formula is C22H22Cl2N4OS. The predicted molar refractivity (Wildman–Crippen MR) is 121 cm³/mol. The van der Waals surface area contributed by atoms with E-state index < -0.39 is 0 Å². The summed E-state index contributed by atoms with van der Waals surface area (Å²) in [6, 6.07) is 15.7. The molecule has 1 fully saturated rings. The van der Waals surface area contributed by atoms with Gasteiger partial charge in [-0.25, -0.2) is 0 Å². The Morgan fingerprint density at radius 2 is 1.93 bits per heavy atom. The van der Waals surface area contributed by atoms with Crippen LogP contribution in [0.1, 0.15) is 35.7 Å². The van der Waals surface area contributed by atoms with Crippen molar-refractivity contribution < 1.29 is 4.79 Å². The second kappa shape index (κ2) is 9.86. The molecular weight excluding hydrogens is 439 g/mol. The smallest absolute Gasteiger partial charge is 0.230 e. The molecule has 0 spiro atoms. The zero-order valence-electron chi connectivity index (χ0n) is 16.4. The number of hydrogen-bond acceptors (Lipinski definition) is 4. The third-order valence-electron chi connectivity index (χ3n) is 4.94. The number of halogens is 2. The monoisotopic (exact) mass is 460 g/mol. The Labute approximate surface area is 190 Å². The van der Waals surface area contributed by atoms with Crippen molar-refractivity contribution in [3.8, 4) is 0 Å². The van der Waals surface area contributed by atoms with Crippen molar-refractivity contribution in [3.63, 3.8) is 0 Å². The van der Waals surface area contributed by atoms with E-state index in [-0.39, 0.29) is 5.91 Å². The standard InChI is InChI=1S/C22H22Cl2N4OS/c23-18-9-8-16(19(24)12-18)10-11-25-20(29)14-30-22-27-26-21(17-6-7-17)28(22)13-15-4-2-1-3-5-15/h1-5,8-9,12,17H,6-7,10-11,13-14H2,(H,25,29). The summed E-state index contributed by atoms with van der Waals surface area (Å²) >= 11 is 13.5. The number of amides is 1. The molecule has 0 unspecified atom stereocenters.